The Morgan fingerprint density at radius 2 is 1.48 bits per heavy atom. The summed E-state index contributed by atoms with van der Waals surface area (Å²) in [4.78, 5) is 15.4. The van der Waals surface area contributed by atoms with E-state index in [4.69, 9.17) is 0 Å². The van der Waals surface area contributed by atoms with E-state index in [1.807, 2.05) is 30.3 Å². The molecule has 1 heterocycles. The molecule has 0 radical (unpaired) electrons. The van der Waals surface area contributed by atoms with Gasteiger partial charge in [0.15, 0.2) is 5.78 Å². The zero-order valence-electron chi connectivity index (χ0n) is 13.2. The van der Waals surface area contributed by atoms with E-state index in [-0.39, 0.29) is 17.6 Å². The summed E-state index contributed by atoms with van der Waals surface area (Å²) in [7, 11) is 0. The molecule has 3 rings (SSSR count). The highest BCUT2D eigenvalue weighted by molar-refractivity contribution is 6.00. The fourth-order valence-electron chi connectivity index (χ4n) is 3.29. The number of halogens is 1. The first-order valence-electron chi connectivity index (χ1n) is 8.34. The Hall–Kier alpha value is -2.00. The van der Waals surface area contributed by atoms with Crippen molar-refractivity contribution in [3.8, 4) is 0 Å². The maximum absolute atomic E-state index is 13.2. The molecule has 0 aromatic heterocycles. The minimum Gasteiger partial charge on any atom is -0.292 e. The zero-order chi connectivity index (χ0) is 16.1. The van der Waals surface area contributed by atoms with Gasteiger partial charge in [0.25, 0.3) is 0 Å². The molecule has 1 aliphatic heterocycles. The number of nitrogens with zero attached hydrogens (tertiary/aromatic N) is 1. The van der Waals surface area contributed by atoms with Gasteiger partial charge in [-0.2, -0.15) is 0 Å². The van der Waals surface area contributed by atoms with Gasteiger partial charge >= 0.3 is 0 Å². The molecule has 0 N–H and O–H groups in total. The number of benzene rings is 2. The van der Waals surface area contributed by atoms with E-state index in [9.17, 15) is 9.18 Å². The fourth-order valence-corrected chi connectivity index (χ4v) is 3.29. The van der Waals surface area contributed by atoms with E-state index in [1.165, 1.54) is 25.0 Å². The molecule has 23 heavy (non-hydrogen) atoms. The van der Waals surface area contributed by atoms with Crippen LogP contribution < -0.4 is 0 Å². The van der Waals surface area contributed by atoms with Gasteiger partial charge in [-0.05, 0) is 55.8 Å². The van der Waals surface area contributed by atoms with Gasteiger partial charge in [-0.3, -0.25) is 9.69 Å². The van der Waals surface area contributed by atoms with Crippen LogP contribution in [0.15, 0.2) is 54.6 Å². The van der Waals surface area contributed by atoms with Gasteiger partial charge in [-0.15, -0.1) is 0 Å². The highest BCUT2D eigenvalue weighted by atomic mass is 19.1. The highest BCUT2D eigenvalue weighted by Gasteiger charge is 2.28. The second-order valence-corrected chi connectivity index (χ2v) is 6.13. The molecule has 2 aromatic rings. The van der Waals surface area contributed by atoms with Crippen molar-refractivity contribution in [3.63, 3.8) is 0 Å². The predicted octanol–water partition coefficient (Wildman–Crippen LogP) is 4.63. The molecule has 1 saturated heterocycles. The third-order valence-corrected chi connectivity index (χ3v) is 4.50. The van der Waals surface area contributed by atoms with Crippen LogP contribution in [0.25, 0.3) is 0 Å². The summed E-state index contributed by atoms with van der Waals surface area (Å²) in [6, 6.07) is 15.5. The zero-order valence-corrected chi connectivity index (χ0v) is 13.2. The van der Waals surface area contributed by atoms with Gasteiger partial charge < -0.3 is 0 Å². The minimum atomic E-state index is -0.312. The Bertz CT molecular complexity index is 630. The average Bonchev–Trinajstić information content (AvgIpc) is 2.86. The van der Waals surface area contributed by atoms with E-state index in [2.05, 4.69) is 4.90 Å². The topological polar surface area (TPSA) is 20.3 Å². The standard InChI is InChI=1S/C20H22FNO/c21-18-12-10-17(11-13-18)20(23)19(16-8-4-3-5-9-16)22-14-6-1-2-7-15-22/h3-5,8-13,19H,1-2,6-7,14-15H2/t19-/m1/s1. The van der Waals surface area contributed by atoms with Crippen LogP contribution in [-0.4, -0.2) is 23.8 Å². The normalized spacial score (nSPS) is 17.4. The van der Waals surface area contributed by atoms with Crippen molar-refractivity contribution in [3.05, 3.63) is 71.5 Å². The molecule has 1 atom stereocenters. The van der Waals surface area contributed by atoms with Crippen LogP contribution in [0.4, 0.5) is 4.39 Å². The molecular weight excluding hydrogens is 289 g/mol. The molecule has 0 spiro atoms. The quantitative estimate of drug-likeness (QED) is 0.768. The lowest BCUT2D eigenvalue weighted by molar-refractivity contribution is 0.0821. The number of Topliss-reactive ketones (excluding diaryl/α,β-unsaturated/α-hetero) is 1. The smallest absolute Gasteiger partial charge is 0.184 e. The van der Waals surface area contributed by atoms with Gasteiger partial charge in [0.2, 0.25) is 0 Å². The number of rotatable bonds is 4. The minimum absolute atomic E-state index is 0.0538. The summed E-state index contributed by atoms with van der Waals surface area (Å²) >= 11 is 0. The lowest BCUT2D eigenvalue weighted by Gasteiger charge is -2.30. The summed E-state index contributed by atoms with van der Waals surface area (Å²) in [5.41, 5.74) is 1.59. The molecule has 1 fully saturated rings. The van der Waals surface area contributed by atoms with E-state index in [0.29, 0.717) is 5.56 Å². The molecule has 3 heteroatoms. The Balaban J connectivity index is 1.93. The van der Waals surface area contributed by atoms with E-state index in [1.54, 1.807) is 12.1 Å². The molecule has 0 aliphatic carbocycles. The van der Waals surface area contributed by atoms with Crippen LogP contribution in [0.1, 0.15) is 47.6 Å². The fraction of sp³-hybridized carbons (Fsp3) is 0.350. The maximum Gasteiger partial charge on any atom is 0.184 e. The van der Waals surface area contributed by atoms with Crippen LogP contribution in [0.2, 0.25) is 0 Å². The molecule has 0 amide bonds. The van der Waals surface area contributed by atoms with Crippen molar-refractivity contribution in [1.29, 1.82) is 0 Å². The van der Waals surface area contributed by atoms with Crippen LogP contribution in [-0.2, 0) is 0 Å². The number of likely N-dealkylation sites (tertiary alicyclic amines) is 1. The van der Waals surface area contributed by atoms with Crippen LogP contribution in [0.5, 0.6) is 0 Å². The van der Waals surface area contributed by atoms with Crippen molar-refractivity contribution >= 4 is 5.78 Å². The van der Waals surface area contributed by atoms with Crippen molar-refractivity contribution in [2.24, 2.45) is 0 Å². The Labute approximate surface area is 136 Å². The molecule has 0 bridgehead atoms. The lowest BCUT2D eigenvalue weighted by atomic mass is 9.95. The van der Waals surface area contributed by atoms with Crippen LogP contribution >= 0.6 is 0 Å². The first-order chi connectivity index (χ1) is 11.3. The first kappa shape index (κ1) is 15.9. The van der Waals surface area contributed by atoms with Gasteiger partial charge in [-0.25, -0.2) is 4.39 Å². The summed E-state index contributed by atoms with van der Waals surface area (Å²) in [5.74, 6) is -0.259. The van der Waals surface area contributed by atoms with Crippen molar-refractivity contribution in [1.82, 2.24) is 4.90 Å². The summed E-state index contributed by atoms with van der Waals surface area (Å²) in [5, 5.41) is 0. The number of hydrogen-bond acceptors (Lipinski definition) is 2. The van der Waals surface area contributed by atoms with Gasteiger partial charge in [0, 0.05) is 5.56 Å². The van der Waals surface area contributed by atoms with E-state index < -0.39 is 0 Å². The second-order valence-electron chi connectivity index (χ2n) is 6.13. The van der Waals surface area contributed by atoms with Gasteiger partial charge in [-0.1, -0.05) is 43.2 Å². The monoisotopic (exact) mass is 311 g/mol. The molecule has 0 unspecified atom stereocenters. The SMILES string of the molecule is O=C(c1ccc(F)cc1)[C@@H](c1ccccc1)N1CCCCCC1. The number of ketones is 1. The summed E-state index contributed by atoms with van der Waals surface area (Å²) in [6.45, 7) is 1.87. The summed E-state index contributed by atoms with van der Waals surface area (Å²) < 4.78 is 13.2. The lowest BCUT2D eigenvalue weighted by Crippen LogP contribution is -2.35. The Morgan fingerprint density at radius 1 is 0.870 bits per heavy atom. The van der Waals surface area contributed by atoms with Crippen molar-refractivity contribution in [2.45, 2.75) is 31.7 Å². The Morgan fingerprint density at radius 3 is 2.09 bits per heavy atom. The van der Waals surface area contributed by atoms with Crippen LogP contribution in [0, 0.1) is 5.82 Å². The Kier molecular flexibility index (Phi) is 5.19. The first-order valence-corrected chi connectivity index (χ1v) is 8.34. The van der Waals surface area contributed by atoms with E-state index in [0.717, 1.165) is 31.5 Å². The molecular formula is C20H22FNO. The summed E-state index contributed by atoms with van der Waals surface area (Å²) in [6.07, 6.45) is 4.70. The molecule has 1 aliphatic rings. The highest BCUT2D eigenvalue weighted by Crippen LogP contribution is 2.28. The largest absolute Gasteiger partial charge is 0.292 e. The van der Waals surface area contributed by atoms with E-state index >= 15 is 0 Å². The number of hydrogen-bond donors (Lipinski definition) is 0. The third kappa shape index (κ3) is 3.85. The maximum atomic E-state index is 13.2. The van der Waals surface area contributed by atoms with Gasteiger partial charge in [0.05, 0.1) is 6.04 Å². The molecule has 2 aromatic carbocycles. The molecule has 120 valence electrons. The molecule has 2 nitrogen and oxygen atoms in total. The third-order valence-electron chi connectivity index (χ3n) is 4.50. The van der Waals surface area contributed by atoms with Crippen molar-refractivity contribution < 1.29 is 9.18 Å². The number of carbonyl (C=O) groups is 1. The van der Waals surface area contributed by atoms with Gasteiger partial charge in [0.1, 0.15) is 5.82 Å². The predicted molar refractivity (Wildman–Crippen MR) is 90.0 cm³/mol. The number of carbonyl (C=O) groups excluding carboxylic acids is 1. The van der Waals surface area contributed by atoms with Crippen molar-refractivity contribution in [2.75, 3.05) is 13.1 Å². The average molecular weight is 311 g/mol. The van der Waals surface area contributed by atoms with Crippen LogP contribution in [0.3, 0.4) is 0 Å². The molecule has 0 saturated carbocycles. The second kappa shape index (κ2) is 7.51.